The third-order valence-electron chi connectivity index (χ3n) is 4.02. The van der Waals surface area contributed by atoms with E-state index in [2.05, 4.69) is 20.2 Å². The minimum atomic E-state index is -0.118. The van der Waals surface area contributed by atoms with Crippen LogP contribution in [0, 0.1) is 5.92 Å². The summed E-state index contributed by atoms with van der Waals surface area (Å²) in [5.74, 6) is 1.31. The van der Waals surface area contributed by atoms with Crippen molar-refractivity contribution in [3.8, 4) is 5.88 Å². The van der Waals surface area contributed by atoms with Crippen molar-refractivity contribution in [1.29, 1.82) is 0 Å². The van der Waals surface area contributed by atoms with Crippen LogP contribution in [-0.4, -0.2) is 56.2 Å². The van der Waals surface area contributed by atoms with Crippen molar-refractivity contribution in [1.82, 2.24) is 15.2 Å². The van der Waals surface area contributed by atoms with Crippen molar-refractivity contribution >= 4 is 11.9 Å². The zero-order valence-electron chi connectivity index (χ0n) is 13.9. The van der Waals surface area contributed by atoms with Crippen molar-refractivity contribution in [2.45, 2.75) is 19.4 Å². The fourth-order valence-electron chi connectivity index (χ4n) is 2.74. The van der Waals surface area contributed by atoms with E-state index in [-0.39, 0.29) is 11.9 Å². The molecule has 1 aliphatic rings. The van der Waals surface area contributed by atoms with Gasteiger partial charge in [-0.1, -0.05) is 6.07 Å². The van der Waals surface area contributed by atoms with Crippen LogP contribution in [-0.2, 0) is 16.1 Å². The summed E-state index contributed by atoms with van der Waals surface area (Å²) in [4.78, 5) is 22.3. The minimum absolute atomic E-state index is 0.00669. The molecule has 0 bridgehead atoms. The molecule has 2 rings (SSSR count). The standard InChI is InChI=1S/C16H24N4O3/c1-17-16(19-11-13-5-4-8-18-14(13)22-2)20-9-6-12(7-10-20)15(21)23-3/h4-5,8,12H,6-7,9-11H2,1-3H3,(H,17,19). The Bertz CT molecular complexity index is 554. The van der Waals surface area contributed by atoms with Gasteiger partial charge < -0.3 is 19.7 Å². The summed E-state index contributed by atoms with van der Waals surface area (Å²) in [6.07, 6.45) is 3.27. The highest BCUT2D eigenvalue weighted by atomic mass is 16.5. The first-order valence-electron chi connectivity index (χ1n) is 7.71. The number of piperidine rings is 1. The van der Waals surface area contributed by atoms with Gasteiger partial charge in [0, 0.05) is 38.4 Å². The first-order chi connectivity index (χ1) is 11.2. The van der Waals surface area contributed by atoms with E-state index in [1.165, 1.54) is 7.11 Å². The maximum Gasteiger partial charge on any atom is 0.308 e. The first kappa shape index (κ1) is 17.1. The van der Waals surface area contributed by atoms with Gasteiger partial charge in [0.25, 0.3) is 0 Å². The van der Waals surface area contributed by atoms with Crippen LogP contribution in [0.15, 0.2) is 23.3 Å². The molecular weight excluding hydrogens is 296 g/mol. The van der Waals surface area contributed by atoms with Crippen LogP contribution in [0.3, 0.4) is 0 Å². The maximum absolute atomic E-state index is 11.6. The number of pyridine rings is 1. The molecule has 0 atom stereocenters. The van der Waals surface area contributed by atoms with Gasteiger partial charge in [0.1, 0.15) is 0 Å². The van der Waals surface area contributed by atoms with Gasteiger partial charge in [-0.25, -0.2) is 4.98 Å². The van der Waals surface area contributed by atoms with Crippen LogP contribution in [0.25, 0.3) is 0 Å². The van der Waals surface area contributed by atoms with Crippen molar-refractivity contribution < 1.29 is 14.3 Å². The van der Waals surface area contributed by atoms with Crippen LogP contribution < -0.4 is 10.1 Å². The lowest BCUT2D eigenvalue weighted by molar-refractivity contribution is -0.146. The second-order valence-corrected chi connectivity index (χ2v) is 5.36. The molecule has 2 heterocycles. The lowest BCUT2D eigenvalue weighted by atomic mass is 9.97. The molecule has 0 amide bonds. The lowest BCUT2D eigenvalue weighted by Crippen LogP contribution is -2.46. The SMILES string of the molecule is CN=C(NCc1cccnc1OC)N1CCC(C(=O)OC)CC1. The predicted molar refractivity (Wildman–Crippen MR) is 87.3 cm³/mol. The largest absolute Gasteiger partial charge is 0.481 e. The molecule has 126 valence electrons. The predicted octanol–water partition coefficient (Wildman–Crippen LogP) is 1.05. The molecule has 1 aliphatic heterocycles. The highest BCUT2D eigenvalue weighted by molar-refractivity contribution is 5.80. The van der Waals surface area contributed by atoms with Crippen molar-refractivity contribution in [3.05, 3.63) is 23.9 Å². The number of aliphatic imine (C=N–C) groups is 1. The summed E-state index contributed by atoms with van der Waals surface area (Å²) in [5.41, 5.74) is 0.973. The summed E-state index contributed by atoms with van der Waals surface area (Å²) in [7, 11) is 4.81. The van der Waals surface area contributed by atoms with E-state index in [0.717, 1.165) is 37.5 Å². The van der Waals surface area contributed by atoms with Gasteiger partial charge in [-0.2, -0.15) is 0 Å². The quantitative estimate of drug-likeness (QED) is 0.508. The average Bonchev–Trinajstić information content (AvgIpc) is 2.62. The van der Waals surface area contributed by atoms with Crippen LogP contribution in [0.5, 0.6) is 5.88 Å². The monoisotopic (exact) mass is 320 g/mol. The van der Waals surface area contributed by atoms with E-state index >= 15 is 0 Å². The Labute approximate surface area is 136 Å². The number of hydrogen-bond donors (Lipinski definition) is 1. The summed E-state index contributed by atoms with van der Waals surface area (Å²) >= 11 is 0. The fraction of sp³-hybridized carbons (Fsp3) is 0.562. The average molecular weight is 320 g/mol. The van der Waals surface area contributed by atoms with Gasteiger partial charge in [0.15, 0.2) is 5.96 Å². The van der Waals surface area contributed by atoms with Crippen molar-refractivity contribution in [2.24, 2.45) is 10.9 Å². The van der Waals surface area contributed by atoms with E-state index in [1.807, 2.05) is 12.1 Å². The summed E-state index contributed by atoms with van der Waals surface area (Å²) in [6, 6.07) is 3.85. The molecule has 0 aromatic carbocycles. The summed E-state index contributed by atoms with van der Waals surface area (Å²) in [5, 5.41) is 3.33. The third-order valence-corrected chi connectivity index (χ3v) is 4.02. The lowest BCUT2D eigenvalue weighted by Gasteiger charge is -2.33. The van der Waals surface area contributed by atoms with Crippen LogP contribution in [0.4, 0.5) is 0 Å². The number of carbonyl (C=O) groups is 1. The Hall–Kier alpha value is -2.31. The summed E-state index contributed by atoms with van der Waals surface area (Å²) < 4.78 is 10.1. The fourth-order valence-corrected chi connectivity index (χ4v) is 2.74. The number of nitrogens with zero attached hydrogens (tertiary/aromatic N) is 3. The van der Waals surface area contributed by atoms with Crippen molar-refractivity contribution in [3.63, 3.8) is 0 Å². The topological polar surface area (TPSA) is 76.1 Å². The van der Waals surface area contributed by atoms with E-state index < -0.39 is 0 Å². The Morgan fingerprint density at radius 2 is 2.17 bits per heavy atom. The number of rotatable bonds is 4. The molecule has 1 aromatic rings. The number of ether oxygens (including phenoxy) is 2. The van der Waals surface area contributed by atoms with Crippen LogP contribution in [0.1, 0.15) is 18.4 Å². The van der Waals surface area contributed by atoms with E-state index in [1.54, 1.807) is 20.4 Å². The number of guanidine groups is 1. The molecule has 1 fully saturated rings. The smallest absolute Gasteiger partial charge is 0.308 e. The number of likely N-dealkylation sites (tertiary alicyclic amines) is 1. The van der Waals surface area contributed by atoms with E-state index in [9.17, 15) is 4.79 Å². The molecule has 0 radical (unpaired) electrons. The Morgan fingerprint density at radius 3 is 2.78 bits per heavy atom. The number of nitrogens with one attached hydrogen (secondary N) is 1. The van der Waals surface area contributed by atoms with Gasteiger partial charge in [-0.3, -0.25) is 9.79 Å². The maximum atomic E-state index is 11.6. The van der Waals surface area contributed by atoms with Gasteiger partial charge in [0.05, 0.1) is 20.1 Å². The van der Waals surface area contributed by atoms with Crippen LogP contribution >= 0.6 is 0 Å². The molecular formula is C16H24N4O3. The molecule has 1 aromatic heterocycles. The molecule has 23 heavy (non-hydrogen) atoms. The Balaban J connectivity index is 1.90. The normalized spacial score (nSPS) is 16.1. The Morgan fingerprint density at radius 1 is 1.43 bits per heavy atom. The van der Waals surface area contributed by atoms with Crippen molar-refractivity contribution in [2.75, 3.05) is 34.4 Å². The molecule has 0 unspecified atom stereocenters. The third kappa shape index (κ3) is 4.34. The van der Waals surface area contributed by atoms with Gasteiger partial charge in [0.2, 0.25) is 5.88 Å². The number of methoxy groups -OCH3 is 2. The zero-order chi connectivity index (χ0) is 16.7. The number of esters is 1. The molecule has 0 spiro atoms. The van der Waals surface area contributed by atoms with Crippen LogP contribution in [0.2, 0.25) is 0 Å². The highest BCUT2D eigenvalue weighted by Gasteiger charge is 2.26. The van der Waals surface area contributed by atoms with Gasteiger partial charge >= 0.3 is 5.97 Å². The van der Waals surface area contributed by atoms with E-state index in [0.29, 0.717) is 12.4 Å². The van der Waals surface area contributed by atoms with Gasteiger partial charge in [-0.15, -0.1) is 0 Å². The highest BCUT2D eigenvalue weighted by Crippen LogP contribution is 2.19. The number of carbonyl (C=O) groups excluding carboxylic acids is 1. The Kier molecular flexibility index (Phi) is 6.19. The van der Waals surface area contributed by atoms with E-state index in [4.69, 9.17) is 9.47 Å². The zero-order valence-corrected chi connectivity index (χ0v) is 13.9. The molecule has 7 nitrogen and oxygen atoms in total. The second-order valence-electron chi connectivity index (χ2n) is 5.36. The second kappa shape index (κ2) is 8.36. The molecule has 1 N–H and O–H groups in total. The number of aromatic nitrogens is 1. The summed E-state index contributed by atoms with van der Waals surface area (Å²) in [6.45, 7) is 2.15. The van der Waals surface area contributed by atoms with Gasteiger partial charge in [-0.05, 0) is 18.9 Å². The molecule has 7 heteroatoms. The first-order valence-corrected chi connectivity index (χ1v) is 7.71. The minimum Gasteiger partial charge on any atom is -0.481 e. The number of hydrogen-bond acceptors (Lipinski definition) is 5. The molecule has 1 saturated heterocycles. The molecule has 0 saturated carbocycles. The molecule has 0 aliphatic carbocycles.